The van der Waals surface area contributed by atoms with Gasteiger partial charge in [-0.15, -0.1) is 0 Å². The van der Waals surface area contributed by atoms with E-state index < -0.39 is 0 Å². The van der Waals surface area contributed by atoms with Crippen LogP contribution in [-0.4, -0.2) is 21.6 Å². The molecule has 0 saturated carbocycles. The number of benzene rings is 1. The molecule has 23 heavy (non-hydrogen) atoms. The lowest BCUT2D eigenvalue weighted by Gasteiger charge is -2.12. The summed E-state index contributed by atoms with van der Waals surface area (Å²) in [6.07, 6.45) is 1.61. The minimum absolute atomic E-state index is 0.179. The van der Waals surface area contributed by atoms with Crippen LogP contribution in [0, 0.1) is 0 Å². The summed E-state index contributed by atoms with van der Waals surface area (Å²) in [5.41, 5.74) is 1.12. The van der Waals surface area contributed by atoms with E-state index in [9.17, 15) is 4.79 Å². The van der Waals surface area contributed by atoms with Crippen LogP contribution < -0.4 is 15.6 Å². The summed E-state index contributed by atoms with van der Waals surface area (Å²) in [4.78, 5) is 17.0. The quantitative estimate of drug-likeness (QED) is 0.744. The average Bonchev–Trinajstić information content (AvgIpc) is 2.57. The third kappa shape index (κ3) is 2.86. The van der Waals surface area contributed by atoms with Gasteiger partial charge in [-0.3, -0.25) is 9.20 Å². The highest BCUT2D eigenvalue weighted by molar-refractivity contribution is 6.30. The van der Waals surface area contributed by atoms with Gasteiger partial charge in [0.1, 0.15) is 11.4 Å². The Morgan fingerprint density at radius 1 is 1.30 bits per heavy atom. The second-order valence-corrected chi connectivity index (χ2v) is 5.26. The highest BCUT2D eigenvalue weighted by Crippen LogP contribution is 2.23. The standard InChI is InChI=1S/C16H14ClN3O3/c1-23-13-3-2-8-20-15(13)19-14(12(9-21)16(20)22)18-11-6-4-10(17)5-7-11/h2-8,18,21H,9H2,1H3/p+1. The molecule has 0 spiro atoms. The second-order valence-electron chi connectivity index (χ2n) is 4.82. The number of ether oxygens (including phenoxy) is 1. The fraction of sp³-hybridized carbons (Fsp3) is 0.125. The van der Waals surface area contributed by atoms with Crippen LogP contribution in [0.2, 0.25) is 5.02 Å². The molecule has 3 rings (SSSR count). The number of halogens is 1. The molecule has 0 aliphatic rings. The molecule has 0 saturated heterocycles. The molecular formula is C16H15ClN3O3+. The molecule has 2 heterocycles. The second kappa shape index (κ2) is 6.28. The molecular weight excluding hydrogens is 318 g/mol. The molecule has 0 bridgehead atoms. The van der Waals surface area contributed by atoms with E-state index in [2.05, 4.69) is 10.3 Å². The zero-order valence-electron chi connectivity index (χ0n) is 12.3. The van der Waals surface area contributed by atoms with E-state index in [4.69, 9.17) is 21.4 Å². The van der Waals surface area contributed by atoms with Crippen molar-refractivity contribution in [3.63, 3.8) is 0 Å². The van der Waals surface area contributed by atoms with Gasteiger partial charge in [0.25, 0.3) is 5.56 Å². The summed E-state index contributed by atoms with van der Waals surface area (Å²) in [7, 11) is 1.52. The van der Waals surface area contributed by atoms with Crippen LogP contribution in [0.15, 0.2) is 47.4 Å². The Balaban J connectivity index is 2.18. The molecule has 3 N–H and O–H groups in total. The first-order valence-corrected chi connectivity index (χ1v) is 7.27. The van der Waals surface area contributed by atoms with Crippen molar-refractivity contribution in [2.45, 2.75) is 6.61 Å². The van der Waals surface area contributed by atoms with E-state index in [1.165, 1.54) is 11.5 Å². The Morgan fingerprint density at radius 2 is 2.04 bits per heavy atom. The molecule has 6 nitrogen and oxygen atoms in total. The number of anilines is 2. The molecule has 0 fully saturated rings. The van der Waals surface area contributed by atoms with Crippen molar-refractivity contribution in [3.8, 4) is 5.75 Å². The fourth-order valence-corrected chi connectivity index (χ4v) is 2.39. The van der Waals surface area contributed by atoms with Gasteiger partial charge in [-0.1, -0.05) is 11.6 Å². The normalized spacial score (nSPS) is 10.7. The van der Waals surface area contributed by atoms with E-state index in [0.717, 1.165) is 5.69 Å². The Hall–Kier alpha value is -2.57. The number of pyridine rings is 1. The molecule has 1 aromatic carbocycles. The first-order valence-electron chi connectivity index (χ1n) is 6.89. The lowest BCUT2D eigenvalue weighted by molar-refractivity contribution is 0.280. The predicted octanol–water partition coefficient (Wildman–Crippen LogP) is 2.32. The maximum absolute atomic E-state index is 12.6. The molecule has 7 heteroatoms. The first-order chi connectivity index (χ1) is 11.1. The molecule has 2 aromatic heterocycles. The highest BCUT2D eigenvalue weighted by atomic mass is 35.5. The summed E-state index contributed by atoms with van der Waals surface area (Å²) in [5, 5.41) is 11.3. The van der Waals surface area contributed by atoms with Gasteiger partial charge in [0.15, 0.2) is 18.0 Å². The van der Waals surface area contributed by atoms with E-state index >= 15 is 0 Å². The lowest BCUT2D eigenvalue weighted by atomic mass is 10.2. The zero-order chi connectivity index (χ0) is 16.4. The Morgan fingerprint density at radius 3 is 2.70 bits per heavy atom. The topological polar surface area (TPSA) is 78.5 Å². The maximum Gasteiger partial charge on any atom is 0.271 e. The van der Waals surface area contributed by atoms with Crippen LogP contribution in [0.1, 0.15) is 5.56 Å². The number of fused-ring (bicyclic) bond motifs is 1. The van der Waals surface area contributed by atoms with Gasteiger partial charge < -0.3 is 15.2 Å². The monoisotopic (exact) mass is 332 g/mol. The van der Waals surface area contributed by atoms with Crippen molar-refractivity contribution >= 4 is 28.8 Å². The maximum atomic E-state index is 12.6. The summed E-state index contributed by atoms with van der Waals surface area (Å²) < 4.78 is 6.65. The number of hydrogen-bond donors (Lipinski definition) is 1. The van der Waals surface area contributed by atoms with Crippen molar-refractivity contribution in [2.24, 2.45) is 0 Å². The number of methoxy groups -OCH3 is 1. The Labute approximate surface area is 136 Å². The van der Waals surface area contributed by atoms with Crippen molar-refractivity contribution in [3.05, 3.63) is 63.5 Å². The zero-order valence-corrected chi connectivity index (χ0v) is 13.1. The van der Waals surface area contributed by atoms with Crippen LogP contribution in [0.4, 0.5) is 11.5 Å². The van der Waals surface area contributed by atoms with Crippen LogP contribution in [-0.2, 0) is 6.61 Å². The van der Waals surface area contributed by atoms with E-state index in [1.54, 1.807) is 42.6 Å². The van der Waals surface area contributed by atoms with Crippen molar-refractivity contribution < 1.29 is 9.84 Å². The number of hydrogen-bond acceptors (Lipinski definition) is 4. The molecule has 118 valence electrons. The highest BCUT2D eigenvalue weighted by Gasteiger charge is 2.16. The van der Waals surface area contributed by atoms with E-state index in [0.29, 0.717) is 22.2 Å². The van der Waals surface area contributed by atoms with Crippen molar-refractivity contribution in [2.75, 3.05) is 12.4 Å². The van der Waals surface area contributed by atoms with Crippen LogP contribution in [0.5, 0.6) is 5.75 Å². The summed E-state index contributed by atoms with van der Waals surface area (Å²) in [5.74, 6) is 0.831. The smallest absolute Gasteiger partial charge is 0.271 e. The average molecular weight is 333 g/mol. The van der Waals surface area contributed by atoms with Gasteiger partial charge in [0.05, 0.1) is 7.11 Å². The molecule has 0 atom stereocenters. The van der Waals surface area contributed by atoms with Crippen LogP contribution >= 0.6 is 11.6 Å². The van der Waals surface area contributed by atoms with Gasteiger partial charge in [-0.05, 0) is 36.4 Å². The summed E-state index contributed by atoms with van der Waals surface area (Å²) in [6.45, 7) is -0.179. The van der Waals surface area contributed by atoms with Crippen LogP contribution in [0.25, 0.3) is 5.65 Å². The molecule has 3 aromatic rings. The minimum Gasteiger partial charge on any atom is -0.493 e. The van der Waals surface area contributed by atoms with E-state index in [1.807, 2.05) is 0 Å². The largest absolute Gasteiger partial charge is 0.493 e. The molecule has 0 aliphatic carbocycles. The molecule has 0 unspecified atom stereocenters. The van der Waals surface area contributed by atoms with Crippen molar-refractivity contribution in [1.82, 2.24) is 9.38 Å². The Bertz CT molecular complexity index is 907. The Kier molecular flexibility index (Phi) is 4.18. The third-order valence-corrected chi connectivity index (χ3v) is 3.67. The summed E-state index contributed by atoms with van der Waals surface area (Å²) >= 11 is 5.87. The predicted molar refractivity (Wildman–Crippen MR) is 90.1 cm³/mol. The van der Waals surface area contributed by atoms with Crippen LogP contribution in [0.3, 0.4) is 0 Å². The van der Waals surface area contributed by atoms with Gasteiger partial charge in [0, 0.05) is 16.9 Å². The third-order valence-electron chi connectivity index (χ3n) is 3.42. The van der Waals surface area contributed by atoms with Crippen molar-refractivity contribution in [1.29, 1.82) is 0 Å². The number of nitrogens with zero attached hydrogens (tertiary/aromatic N) is 2. The van der Waals surface area contributed by atoms with Gasteiger partial charge >= 0.3 is 0 Å². The number of rotatable bonds is 4. The number of nitrogens with one attached hydrogen (secondary N) is 1. The molecule has 0 amide bonds. The van der Waals surface area contributed by atoms with Gasteiger partial charge in [0.2, 0.25) is 0 Å². The number of aromatic nitrogens is 2. The summed E-state index contributed by atoms with van der Waals surface area (Å²) in [6, 6.07) is 10.5. The minimum atomic E-state index is -0.291. The fourth-order valence-electron chi connectivity index (χ4n) is 2.27. The first kappa shape index (κ1) is 15.3. The lowest BCUT2D eigenvalue weighted by Crippen LogP contribution is -2.22. The van der Waals surface area contributed by atoms with E-state index in [-0.39, 0.29) is 17.7 Å². The SMILES string of the molecule is COc1cccn2c(=O)c(C[OH2+])c(Nc3ccc(Cl)cc3)nc12. The molecule has 0 aliphatic heterocycles. The molecule has 0 radical (unpaired) electrons. The van der Waals surface area contributed by atoms with Gasteiger partial charge in [-0.25, -0.2) is 4.98 Å². The van der Waals surface area contributed by atoms with Gasteiger partial charge in [-0.2, -0.15) is 0 Å².